The summed E-state index contributed by atoms with van der Waals surface area (Å²) in [4.78, 5) is 12.3. The lowest BCUT2D eigenvalue weighted by Crippen LogP contribution is -2.19. The van der Waals surface area contributed by atoms with E-state index in [-0.39, 0.29) is 43.1 Å². The van der Waals surface area contributed by atoms with Gasteiger partial charge in [0.15, 0.2) is 0 Å². The first-order chi connectivity index (χ1) is 14.5. The molecular formula is C20H19F6NO4. The number of para-hydroxylation sites is 1. The molecule has 2 rings (SSSR count). The van der Waals surface area contributed by atoms with Crippen molar-refractivity contribution in [1.82, 2.24) is 0 Å². The summed E-state index contributed by atoms with van der Waals surface area (Å²) >= 11 is 0. The fraction of sp³-hybridized carbons (Fsp3) is 0.350. The number of carbonyl (C=O) groups is 1. The molecule has 11 heteroatoms. The Kier molecular flexibility index (Phi) is 8.14. The van der Waals surface area contributed by atoms with Crippen LogP contribution in [-0.2, 0) is 22.1 Å². The number of benzene rings is 2. The number of alkyl halides is 6. The molecule has 0 spiro atoms. The second-order valence-electron chi connectivity index (χ2n) is 6.25. The van der Waals surface area contributed by atoms with E-state index in [1.54, 1.807) is 0 Å². The van der Waals surface area contributed by atoms with Crippen LogP contribution < -0.4 is 14.8 Å². The standard InChI is InChI=1S/C20H19F6NO4/c1-29-10-11-30-17-8-7-14(19(21,22)23)12-15(17)27-18(28)9-6-13-4-2-3-5-16(13)31-20(24,25)26/h2-5,7-8,12H,6,9-11H2,1H3,(H,27,28). The number of ether oxygens (including phenoxy) is 3. The maximum Gasteiger partial charge on any atom is 0.573 e. The number of aryl methyl sites for hydroxylation is 1. The summed E-state index contributed by atoms with van der Waals surface area (Å²) in [6.07, 6.45) is -9.97. The zero-order valence-corrected chi connectivity index (χ0v) is 16.3. The first kappa shape index (κ1) is 24.3. The van der Waals surface area contributed by atoms with Crippen LogP contribution in [0.3, 0.4) is 0 Å². The van der Waals surface area contributed by atoms with Crippen molar-refractivity contribution < 1.29 is 45.3 Å². The van der Waals surface area contributed by atoms with Gasteiger partial charge < -0.3 is 19.5 Å². The monoisotopic (exact) mass is 451 g/mol. The van der Waals surface area contributed by atoms with Gasteiger partial charge in [0, 0.05) is 13.5 Å². The molecular weight excluding hydrogens is 432 g/mol. The lowest BCUT2D eigenvalue weighted by Gasteiger charge is -2.16. The molecule has 31 heavy (non-hydrogen) atoms. The molecule has 0 atom stereocenters. The van der Waals surface area contributed by atoms with Crippen LogP contribution in [0.2, 0.25) is 0 Å². The summed E-state index contributed by atoms with van der Waals surface area (Å²) in [6.45, 7) is 0.206. The SMILES string of the molecule is COCCOc1ccc(C(F)(F)F)cc1NC(=O)CCc1ccccc1OC(F)(F)F. The minimum absolute atomic E-state index is 0.000736. The van der Waals surface area contributed by atoms with E-state index < -0.39 is 29.8 Å². The van der Waals surface area contributed by atoms with Crippen molar-refractivity contribution in [2.24, 2.45) is 0 Å². The van der Waals surface area contributed by atoms with Gasteiger partial charge in [-0.2, -0.15) is 13.2 Å². The molecule has 0 aliphatic rings. The van der Waals surface area contributed by atoms with Gasteiger partial charge in [-0.3, -0.25) is 4.79 Å². The van der Waals surface area contributed by atoms with Gasteiger partial charge in [-0.15, -0.1) is 13.2 Å². The van der Waals surface area contributed by atoms with E-state index in [1.807, 2.05) is 0 Å². The fourth-order valence-electron chi connectivity index (χ4n) is 2.56. The normalized spacial score (nSPS) is 11.8. The van der Waals surface area contributed by atoms with E-state index in [9.17, 15) is 31.1 Å². The number of hydrogen-bond donors (Lipinski definition) is 1. The van der Waals surface area contributed by atoms with Gasteiger partial charge >= 0.3 is 12.5 Å². The van der Waals surface area contributed by atoms with Crippen LogP contribution in [0.25, 0.3) is 0 Å². The van der Waals surface area contributed by atoms with E-state index in [2.05, 4.69) is 10.1 Å². The molecule has 0 aliphatic carbocycles. The molecule has 1 amide bonds. The Bertz CT molecular complexity index is 883. The molecule has 0 radical (unpaired) electrons. The molecule has 0 aromatic heterocycles. The average molecular weight is 451 g/mol. The lowest BCUT2D eigenvalue weighted by atomic mass is 10.1. The average Bonchev–Trinajstić information content (AvgIpc) is 2.66. The molecule has 170 valence electrons. The van der Waals surface area contributed by atoms with E-state index in [0.717, 1.165) is 24.3 Å². The van der Waals surface area contributed by atoms with Gasteiger partial charge in [0.1, 0.15) is 18.1 Å². The Balaban J connectivity index is 2.12. The highest BCUT2D eigenvalue weighted by atomic mass is 19.4. The third kappa shape index (κ3) is 8.00. The van der Waals surface area contributed by atoms with Crippen molar-refractivity contribution in [3.05, 3.63) is 53.6 Å². The van der Waals surface area contributed by atoms with Gasteiger partial charge in [0.05, 0.1) is 17.9 Å². The minimum Gasteiger partial charge on any atom is -0.489 e. The highest BCUT2D eigenvalue weighted by Gasteiger charge is 2.32. The number of halogens is 6. The van der Waals surface area contributed by atoms with Crippen molar-refractivity contribution in [3.63, 3.8) is 0 Å². The van der Waals surface area contributed by atoms with E-state index in [4.69, 9.17) is 9.47 Å². The third-order valence-corrected chi connectivity index (χ3v) is 3.95. The van der Waals surface area contributed by atoms with Gasteiger partial charge in [-0.05, 0) is 36.2 Å². The summed E-state index contributed by atoms with van der Waals surface area (Å²) in [6, 6.07) is 7.89. The number of rotatable bonds is 9. The summed E-state index contributed by atoms with van der Waals surface area (Å²) in [7, 11) is 1.42. The predicted octanol–water partition coefficient (Wildman–Crippen LogP) is 5.20. The van der Waals surface area contributed by atoms with Crippen molar-refractivity contribution in [1.29, 1.82) is 0 Å². The molecule has 0 heterocycles. The zero-order chi connectivity index (χ0) is 23.1. The van der Waals surface area contributed by atoms with E-state index in [1.165, 1.54) is 25.3 Å². The first-order valence-corrected chi connectivity index (χ1v) is 8.96. The van der Waals surface area contributed by atoms with Crippen molar-refractivity contribution in [2.75, 3.05) is 25.6 Å². The highest BCUT2D eigenvalue weighted by molar-refractivity contribution is 5.92. The summed E-state index contributed by atoms with van der Waals surface area (Å²) < 4.78 is 90.6. The van der Waals surface area contributed by atoms with Crippen molar-refractivity contribution >= 4 is 11.6 Å². The quantitative estimate of drug-likeness (QED) is 0.421. The van der Waals surface area contributed by atoms with Crippen LogP contribution in [0.1, 0.15) is 17.5 Å². The Morgan fingerprint density at radius 2 is 1.68 bits per heavy atom. The lowest BCUT2D eigenvalue weighted by molar-refractivity contribution is -0.274. The van der Waals surface area contributed by atoms with Crippen LogP contribution in [0, 0.1) is 0 Å². The third-order valence-electron chi connectivity index (χ3n) is 3.95. The number of amides is 1. The second-order valence-corrected chi connectivity index (χ2v) is 6.25. The molecule has 2 aromatic carbocycles. The smallest absolute Gasteiger partial charge is 0.489 e. The van der Waals surface area contributed by atoms with Gasteiger partial charge in [0.25, 0.3) is 0 Å². The van der Waals surface area contributed by atoms with E-state index in [0.29, 0.717) is 0 Å². The molecule has 2 aromatic rings. The molecule has 0 unspecified atom stereocenters. The molecule has 5 nitrogen and oxygen atoms in total. The summed E-state index contributed by atoms with van der Waals surface area (Å²) in [5, 5.41) is 2.32. The molecule has 0 saturated heterocycles. The minimum atomic E-state index is -4.90. The van der Waals surface area contributed by atoms with Crippen LogP contribution in [0.15, 0.2) is 42.5 Å². The zero-order valence-electron chi connectivity index (χ0n) is 16.3. The van der Waals surface area contributed by atoms with Crippen LogP contribution in [0.4, 0.5) is 32.0 Å². The number of methoxy groups -OCH3 is 1. The number of hydrogen-bond acceptors (Lipinski definition) is 4. The Labute approximate surface area is 173 Å². The van der Waals surface area contributed by atoms with Crippen LogP contribution >= 0.6 is 0 Å². The number of nitrogens with one attached hydrogen (secondary N) is 1. The van der Waals surface area contributed by atoms with Gasteiger partial charge in [0.2, 0.25) is 5.91 Å². The number of carbonyl (C=O) groups excluding carboxylic acids is 1. The predicted molar refractivity (Wildman–Crippen MR) is 98.9 cm³/mol. The maximum absolute atomic E-state index is 13.0. The second kappa shape index (κ2) is 10.4. The molecule has 0 aliphatic heterocycles. The summed E-state index contributed by atoms with van der Waals surface area (Å²) in [5.41, 5.74) is -1.09. The maximum atomic E-state index is 13.0. The Hall–Kier alpha value is -2.95. The van der Waals surface area contributed by atoms with Crippen molar-refractivity contribution in [3.8, 4) is 11.5 Å². The van der Waals surface area contributed by atoms with Gasteiger partial charge in [-0.25, -0.2) is 0 Å². The van der Waals surface area contributed by atoms with Crippen LogP contribution in [0.5, 0.6) is 11.5 Å². The topological polar surface area (TPSA) is 56.8 Å². The summed E-state index contributed by atoms with van der Waals surface area (Å²) in [5.74, 6) is -1.16. The fourth-order valence-corrected chi connectivity index (χ4v) is 2.56. The van der Waals surface area contributed by atoms with Crippen LogP contribution in [-0.4, -0.2) is 32.6 Å². The highest BCUT2D eigenvalue weighted by Crippen LogP contribution is 2.35. The molecule has 1 N–H and O–H groups in total. The van der Waals surface area contributed by atoms with Gasteiger partial charge in [-0.1, -0.05) is 18.2 Å². The molecule has 0 saturated carbocycles. The first-order valence-electron chi connectivity index (χ1n) is 8.96. The van der Waals surface area contributed by atoms with E-state index >= 15 is 0 Å². The molecule has 0 bridgehead atoms. The number of anilines is 1. The largest absolute Gasteiger partial charge is 0.573 e. The van der Waals surface area contributed by atoms with Crippen molar-refractivity contribution in [2.45, 2.75) is 25.4 Å². The Morgan fingerprint density at radius 1 is 0.968 bits per heavy atom. The Morgan fingerprint density at radius 3 is 2.32 bits per heavy atom. The molecule has 0 fully saturated rings.